The van der Waals surface area contributed by atoms with Gasteiger partial charge in [-0.1, -0.05) is 73.8 Å². The van der Waals surface area contributed by atoms with Gasteiger partial charge < -0.3 is 5.32 Å². The maximum Gasteiger partial charge on any atom is 0.252 e. The highest BCUT2D eigenvalue weighted by Gasteiger charge is 2.47. The standard InChI is InChI=1S/C27H27NOS/c1-4-19-11-7-10-14-23(19)26(29)28-27(15-16-27)24-18-21(25(5-2)30-6-3)17-20-12-8-9-13-22(20)24/h5-14,17-18H,3-4,15-16H2,1-2H3,(H,28,29)/b25-5-. The number of nitrogens with one attached hydrogen (secondary N) is 1. The molecule has 3 aromatic carbocycles. The first kappa shape index (κ1) is 20.5. The highest BCUT2D eigenvalue weighted by molar-refractivity contribution is 8.10. The Morgan fingerprint density at radius 3 is 2.57 bits per heavy atom. The fourth-order valence-electron chi connectivity index (χ4n) is 4.16. The van der Waals surface area contributed by atoms with Crippen molar-refractivity contribution >= 4 is 33.3 Å². The number of benzene rings is 3. The molecule has 3 heteroatoms. The molecule has 1 amide bonds. The Morgan fingerprint density at radius 2 is 1.87 bits per heavy atom. The normalized spacial score (nSPS) is 15.1. The third-order valence-electron chi connectivity index (χ3n) is 5.88. The zero-order valence-corrected chi connectivity index (χ0v) is 18.4. The molecule has 0 atom stereocenters. The van der Waals surface area contributed by atoms with Crippen molar-refractivity contribution in [1.29, 1.82) is 0 Å². The van der Waals surface area contributed by atoms with Crippen molar-refractivity contribution in [2.45, 2.75) is 38.6 Å². The van der Waals surface area contributed by atoms with E-state index in [-0.39, 0.29) is 11.4 Å². The van der Waals surface area contributed by atoms with Gasteiger partial charge in [0, 0.05) is 10.5 Å². The molecule has 3 aromatic rings. The average Bonchev–Trinajstić information content (AvgIpc) is 3.56. The molecular formula is C27H27NOS. The van der Waals surface area contributed by atoms with E-state index < -0.39 is 0 Å². The van der Waals surface area contributed by atoms with Crippen molar-refractivity contribution in [2.75, 3.05) is 0 Å². The molecule has 0 bridgehead atoms. The van der Waals surface area contributed by atoms with E-state index in [0.29, 0.717) is 0 Å². The highest BCUT2D eigenvalue weighted by atomic mass is 32.2. The third-order valence-corrected chi connectivity index (χ3v) is 6.77. The van der Waals surface area contributed by atoms with E-state index in [1.165, 1.54) is 26.8 Å². The first-order chi connectivity index (χ1) is 14.6. The fourth-order valence-corrected chi connectivity index (χ4v) is 4.73. The van der Waals surface area contributed by atoms with Crippen LogP contribution in [0.5, 0.6) is 0 Å². The van der Waals surface area contributed by atoms with E-state index in [4.69, 9.17) is 0 Å². The van der Waals surface area contributed by atoms with Crippen LogP contribution in [0.4, 0.5) is 0 Å². The minimum Gasteiger partial charge on any atom is -0.342 e. The topological polar surface area (TPSA) is 29.1 Å². The molecular weight excluding hydrogens is 386 g/mol. The predicted octanol–water partition coefficient (Wildman–Crippen LogP) is 7.06. The molecule has 1 N–H and O–H groups in total. The van der Waals surface area contributed by atoms with E-state index >= 15 is 0 Å². The number of carbonyl (C=O) groups excluding carboxylic acids is 1. The van der Waals surface area contributed by atoms with E-state index in [1.54, 1.807) is 11.8 Å². The van der Waals surface area contributed by atoms with E-state index in [1.807, 2.05) is 29.7 Å². The molecule has 0 heterocycles. The molecule has 1 fully saturated rings. The van der Waals surface area contributed by atoms with E-state index in [2.05, 4.69) is 68.2 Å². The van der Waals surface area contributed by atoms with Crippen LogP contribution in [0, 0.1) is 0 Å². The molecule has 152 valence electrons. The van der Waals surface area contributed by atoms with Crippen molar-refractivity contribution in [3.05, 3.63) is 101 Å². The lowest BCUT2D eigenvalue weighted by atomic mass is 9.93. The van der Waals surface area contributed by atoms with Crippen LogP contribution < -0.4 is 5.32 Å². The van der Waals surface area contributed by atoms with Crippen molar-refractivity contribution in [2.24, 2.45) is 0 Å². The lowest BCUT2D eigenvalue weighted by Crippen LogP contribution is -2.35. The average molecular weight is 414 g/mol. The summed E-state index contributed by atoms with van der Waals surface area (Å²) in [5.74, 6) is 0.0196. The summed E-state index contributed by atoms with van der Waals surface area (Å²) in [6.07, 6.45) is 4.88. The third kappa shape index (κ3) is 3.82. The lowest BCUT2D eigenvalue weighted by Gasteiger charge is -2.22. The van der Waals surface area contributed by atoms with Crippen molar-refractivity contribution in [3.8, 4) is 0 Å². The van der Waals surface area contributed by atoms with E-state index in [9.17, 15) is 4.79 Å². The second-order valence-electron chi connectivity index (χ2n) is 7.73. The second-order valence-corrected chi connectivity index (χ2v) is 8.74. The zero-order valence-electron chi connectivity index (χ0n) is 17.6. The lowest BCUT2D eigenvalue weighted by molar-refractivity contribution is 0.0930. The molecule has 1 aliphatic rings. The van der Waals surface area contributed by atoms with Crippen LogP contribution in [-0.2, 0) is 12.0 Å². The molecule has 0 aromatic heterocycles. The smallest absolute Gasteiger partial charge is 0.252 e. The molecule has 0 saturated heterocycles. The Hall–Kier alpha value is -2.78. The highest BCUT2D eigenvalue weighted by Crippen LogP contribution is 2.49. The second kappa shape index (κ2) is 8.53. The first-order valence-corrected chi connectivity index (χ1v) is 11.4. The number of carbonyl (C=O) groups is 1. The number of rotatable bonds is 7. The molecule has 2 nitrogen and oxygen atoms in total. The van der Waals surface area contributed by atoms with Gasteiger partial charge in [0.15, 0.2) is 0 Å². The summed E-state index contributed by atoms with van der Waals surface area (Å²) in [4.78, 5) is 14.4. The van der Waals surface area contributed by atoms with Gasteiger partial charge in [0.05, 0.1) is 5.54 Å². The Bertz CT molecular complexity index is 1140. The summed E-state index contributed by atoms with van der Waals surface area (Å²) in [5.41, 5.74) is 3.95. The number of allylic oxidation sites excluding steroid dienone is 1. The van der Waals surface area contributed by atoms with Crippen molar-refractivity contribution < 1.29 is 4.79 Å². The minimum absolute atomic E-state index is 0.0196. The molecule has 0 spiro atoms. The Kier molecular flexibility index (Phi) is 5.83. The summed E-state index contributed by atoms with van der Waals surface area (Å²) in [7, 11) is 0. The summed E-state index contributed by atoms with van der Waals surface area (Å²) >= 11 is 1.63. The number of aryl methyl sites for hydroxylation is 1. The van der Waals surface area contributed by atoms with Crippen molar-refractivity contribution in [3.63, 3.8) is 0 Å². The van der Waals surface area contributed by atoms with Gasteiger partial charge in [0.25, 0.3) is 5.91 Å². The minimum atomic E-state index is -0.300. The van der Waals surface area contributed by atoms with Gasteiger partial charge >= 0.3 is 0 Å². The summed E-state index contributed by atoms with van der Waals surface area (Å²) in [5, 5.41) is 7.67. The Balaban J connectivity index is 1.78. The molecule has 30 heavy (non-hydrogen) atoms. The largest absolute Gasteiger partial charge is 0.342 e. The Labute approximate surface area is 183 Å². The van der Waals surface area contributed by atoms with Crippen LogP contribution in [-0.4, -0.2) is 5.91 Å². The van der Waals surface area contributed by atoms with E-state index in [0.717, 1.165) is 30.4 Å². The monoisotopic (exact) mass is 413 g/mol. The van der Waals surface area contributed by atoms with Gasteiger partial charge in [-0.15, -0.1) is 0 Å². The predicted molar refractivity (Wildman–Crippen MR) is 130 cm³/mol. The van der Waals surface area contributed by atoms with Crippen molar-refractivity contribution in [1.82, 2.24) is 5.32 Å². The number of thioether (sulfide) groups is 1. The van der Waals surface area contributed by atoms with Crippen LogP contribution in [0.15, 0.2) is 78.7 Å². The first-order valence-electron chi connectivity index (χ1n) is 10.5. The number of hydrogen-bond donors (Lipinski definition) is 1. The van der Waals surface area contributed by atoms with Crippen LogP contribution in [0.2, 0.25) is 0 Å². The van der Waals surface area contributed by atoms with Crippen LogP contribution >= 0.6 is 11.8 Å². The van der Waals surface area contributed by atoms with Crippen LogP contribution in [0.1, 0.15) is 53.7 Å². The molecule has 4 rings (SSSR count). The molecule has 1 saturated carbocycles. The summed E-state index contributed by atoms with van der Waals surface area (Å²) in [6.45, 7) is 8.02. The maximum atomic E-state index is 13.2. The number of fused-ring (bicyclic) bond motifs is 1. The van der Waals surface area contributed by atoms with Gasteiger partial charge in [0.1, 0.15) is 0 Å². The maximum absolute atomic E-state index is 13.2. The molecule has 0 radical (unpaired) electrons. The zero-order chi connectivity index (χ0) is 21.1. The quantitative estimate of drug-likeness (QED) is 0.449. The number of hydrogen-bond acceptors (Lipinski definition) is 2. The number of amides is 1. The summed E-state index contributed by atoms with van der Waals surface area (Å²) in [6, 6.07) is 20.8. The Morgan fingerprint density at radius 1 is 1.13 bits per heavy atom. The van der Waals surface area contributed by atoms with Crippen LogP contribution in [0.25, 0.3) is 15.7 Å². The molecule has 1 aliphatic carbocycles. The molecule has 0 aliphatic heterocycles. The van der Waals surface area contributed by atoms with Gasteiger partial charge in [0.2, 0.25) is 0 Å². The van der Waals surface area contributed by atoms with Gasteiger partial charge in [-0.3, -0.25) is 4.79 Å². The summed E-state index contributed by atoms with van der Waals surface area (Å²) < 4.78 is 0. The van der Waals surface area contributed by atoms with Crippen LogP contribution in [0.3, 0.4) is 0 Å². The van der Waals surface area contributed by atoms with Gasteiger partial charge in [-0.25, -0.2) is 0 Å². The van der Waals surface area contributed by atoms with Gasteiger partial charge in [-0.05, 0) is 77.3 Å². The SMILES string of the molecule is C=CS/C(=C\C)c1cc(C2(NC(=O)c3ccccc3CC)CC2)c2ccccc2c1. The molecule has 0 unspecified atom stereocenters. The fraction of sp³-hybridized carbons (Fsp3) is 0.222. The van der Waals surface area contributed by atoms with Gasteiger partial charge in [-0.2, -0.15) is 0 Å².